The Bertz CT molecular complexity index is 1270. The number of hydrogen-bond donors (Lipinski definition) is 2. The van der Waals surface area contributed by atoms with Crippen LogP contribution in [-0.2, 0) is 14.8 Å². The zero-order valence-corrected chi connectivity index (χ0v) is 18.9. The van der Waals surface area contributed by atoms with Crippen LogP contribution in [0.3, 0.4) is 0 Å². The van der Waals surface area contributed by atoms with E-state index in [1.165, 1.54) is 6.92 Å². The molecule has 0 atom stereocenters. The van der Waals surface area contributed by atoms with Crippen LogP contribution in [0.1, 0.15) is 40.6 Å². The lowest BCUT2D eigenvalue weighted by Crippen LogP contribution is -2.14. The van der Waals surface area contributed by atoms with Crippen molar-refractivity contribution in [3.63, 3.8) is 0 Å². The molecule has 1 aromatic heterocycles. The molecule has 0 saturated heterocycles. The highest BCUT2D eigenvalue weighted by Crippen LogP contribution is 2.25. The molecule has 1 heterocycles. The maximum Gasteiger partial charge on any atom is 0.262 e. The van der Waals surface area contributed by atoms with Crippen LogP contribution in [0.5, 0.6) is 0 Å². The Labute approximate surface area is 182 Å². The normalized spacial score (nSPS) is 11.6. The zero-order chi connectivity index (χ0) is 22.8. The summed E-state index contributed by atoms with van der Waals surface area (Å²) in [7, 11) is -3.78. The van der Waals surface area contributed by atoms with Crippen molar-refractivity contribution in [3.8, 4) is 0 Å². The highest BCUT2D eigenvalue weighted by molar-refractivity contribution is 7.92. The number of carbonyl (C=O) groups excluding carboxylic acids is 1. The van der Waals surface area contributed by atoms with E-state index < -0.39 is 10.0 Å². The predicted molar refractivity (Wildman–Crippen MR) is 122 cm³/mol. The van der Waals surface area contributed by atoms with Crippen LogP contribution in [0.15, 0.2) is 45.8 Å². The number of rotatable bonds is 6. The second kappa shape index (κ2) is 8.77. The molecule has 1 amide bonds. The molecule has 0 aliphatic rings. The minimum atomic E-state index is -3.78. The van der Waals surface area contributed by atoms with Gasteiger partial charge in [0.05, 0.1) is 4.90 Å². The molecule has 0 aliphatic heterocycles. The van der Waals surface area contributed by atoms with E-state index in [-0.39, 0.29) is 10.8 Å². The molecule has 0 aliphatic carbocycles. The molecule has 3 aromatic rings. The summed E-state index contributed by atoms with van der Waals surface area (Å²) in [5.74, 6) is 0.146. The first-order valence-electron chi connectivity index (χ1n) is 9.69. The van der Waals surface area contributed by atoms with Gasteiger partial charge in [0, 0.05) is 12.6 Å². The third-order valence-corrected chi connectivity index (χ3v) is 6.40. The van der Waals surface area contributed by atoms with Gasteiger partial charge in [0.1, 0.15) is 11.4 Å². The molecule has 0 bridgehead atoms. The molecule has 0 saturated carbocycles. The summed E-state index contributed by atoms with van der Waals surface area (Å²) >= 11 is 0. The van der Waals surface area contributed by atoms with Crippen molar-refractivity contribution in [3.05, 3.63) is 70.1 Å². The number of anilines is 2. The van der Waals surface area contributed by atoms with E-state index in [0.717, 1.165) is 11.1 Å². The lowest BCUT2D eigenvalue weighted by Gasteiger charge is -2.12. The molecule has 2 aromatic carbocycles. The Morgan fingerprint density at radius 2 is 1.68 bits per heavy atom. The topological polar surface area (TPSA) is 101 Å². The van der Waals surface area contributed by atoms with E-state index in [4.69, 9.17) is 4.52 Å². The first kappa shape index (κ1) is 22.3. The molecule has 162 valence electrons. The van der Waals surface area contributed by atoms with Gasteiger partial charge in [-0.1, -0.05) is 29.4 Å². The van der Waals surface area contributed by atoms with Gasteiger partial charge in [-0.2, -0.15) is 0 Å². The maximum absolute atomic E-state index is 13.0. The fourth-order valence-corrected chi connectivity index (χ4v) is 4.36. The molecule has 8 heteroatoms. The van der Waals surface area contributed by atoms with E-state index in [1.54, 1.807) is 44.2 Å². The molecule has 3 rings (SSSR count). The number of benzene rings is 2. The molecular weight excluding hydrogens is 414 g/mol. The van der Waals surface area contributed by atoms with Gasteiger partial charge in [-0.15, -0.1) is 0 Å². The Kier molecular flexibility index (Phi) is 6.31. The third kappa shape index (κ3) is 5.21. The SMILES string of the molecule is CC(=O)Nc1c(C)noc1C=Cc1ccc(C)c(S(=O)(=O)Nc2ccc(C)c(C)c2)c1. The van der Waals surface area contributed by atoms with Crippen LogP contribution in [0, 0.1) is 27.7 Å². The van der Waals surface area contributed by atoms with Crippen LogP contribution in [0.2, 0.25) is 0 Å². The van der Waals surface area contributed by atoms with E-state index in [1.807, 2.05) is 32.0 Å². The summed E-state index contributed by atoms with van der Waals surface area (Å²) in [6.45, 7) is 8.78. The van der Waals surface area contributed by atoms with Crippen molar-refractivity contribution in [2.75, 3.05) is 10.0 Å². The summed E-state index contributed by atoms with van der Waals surface area (Å²) < 4.78 is 33.9. The number of sulfonamides is 1. The number of carbonyl (C=O) groups is 1. The van der Waals surface area contributed by atoms with Gasteiger partial charge in [0.2, 0.25) is 5.91 Å². The third-order valence-electron chi connectivity index (χ3n) is 4.88. The summed E-state index contributed by atoms with van der Waals surface area (Å²) in [6, 6.07) is 10.6. The quantitative estimate of drug-likeness (QED) is 0.572. The second-order valence-electron chi connectivity index (χ2n) is 7.45. The van der Waals surface area contributed by atoms with Gasteiger partial charge >= 0.3 is 0 Å². The molecule has 0 radical (unpaired) electrons. The monoisotopic (exact) mass is 439 g/mol. The van der Waals surface area contributed by atoms with Crippen molar-refractivity contribution < 1.29 is 17.7 Å². The van der Waals surface area contributed by atoms with Crippen LogP contribution >= 0.6 is 0 Å². The van der Waals surface area contributed by atoms with E-state index >= 15 is 0 Å². The van der Waals surface area contributed by atoms with Gasteiger partial charge in [0.15, 0.2) is 5.76 Å². The Balaban J connectivity index is 1.90. The molecule has 0 fully saturated rings. The van der Waals surface area contributed by atoms with Crippen LogP contribution in [0.4, 0.5) is 11.4 Å². The average Bonchev–Trinajstić information content (AvgIpc) is 3.03. The zero-order valence-electron chi connectivity index (χ0n) is 18.1. The fourth-order valence-electron chi connectivity index (χ4n) is 3.03. The van der Waals surface area contributed by atoms with Crippen LogP contribution in [-0.4, -0.2) is 19.5 Å². The van der Waals surface area contributed by atoms with Gasteiger partial charge in [-0.3, -0.25) is 9.52 Å². The number of aromatic nitrogens is 1. The van der Waals surface area contributed by atoms with Crippen LogP contribution in [0.25, 0.3) is 12.2 Å². The number of nitrogens with zero attached hydrogens (tertiary/aromatic N) is 1. The summed E-state index contributed by atoms with van der Waals surface area (Å²) in [6.07, 6.45) is 3.35. The van der Waals surface area contributed by atoms with Gasteiger partial charge in [0.25, 0.3) is 10.0 Å². The summed E-state index contributed by atoms with van der Waals surface area (Å²) in [5, 5.41) is 6.55. The largest absolute Gasteiger partial charge is 0.354 e. The number of aryl methyl sites for hydroxylation is 4. The molecular formula is C23H25N3O4S. The highest BCUT2D eigenvalue weighted by Gasteiger charge is 2.18. The minimum absolute atomic E-state index is 0.184. The van der Waals surface area contributed by atoms with E-state index in [2.05, 4.69) is 15.2 Å². The second-order valence-corrected chi connectivity index (χ2v) is 9.10. The smallest absolute Gasteiger partial charge is 0.262 e. The van der Waals surface area contributed by atoms with Crippen molar-refractivity contribution in [1.82, 2.24) is 5.16 Å². The summed E-state index contributed by atoms with van der Waals surface area (Å²) in [4.78, 5) is 11.6. The van der Waals surface area contributed by atoms with E-state index in [9.17, 15) is 13.2 Å². The number of nitrogens with one attached hydrogen (secondary N) is 2. The predicted octanol–water partition coefficient (Wildman–Crippen LogP) is 4.84. The lowest BCUT2D eigenvalue weighted by molar-refractivity contribution is -0.114. The van der Waals surface area contributed by atoms with Crippen molar-refractivity contribution >= 4 is 39.5 Å². The first-order chi connectivity index (χ1) is 14.6. The highest BCUT2D eigenvalue weighted by atomic mass is 32.2. The Morgan fingerprint density at radius 1 is 0.968 bits per heavy atom. The standard InChI is InChI=1S/C23H25N3O4S/c1-14-7-10-20(12-16(14)3)26-31(28,29)22-13-19(8-6-15(22)2)9-11-21-23(24-18(5)27)17(4)25-30-21/h6-13,26H,1-5H3,(H,24,27). The maximum atomic E-state index is 13.0. The number of amides is 1. The van der Waals surface area contributed by atoms with Gasteiger partial charge in [-0.05, 0) is 74.2 Å². The Morgan fingerprint density at radius 3 is 2.35 bits per heavy atom. The Hall–Kier alpha value is -3.39. The van der Waals surface area contributed by atoms with Gasteiger partial charge in [-0.25, -0.2) is 8.42 Å². The van der Waals surface area contributed by atoms with Gasteiger partial charge < -0.3 is 9.84 Å². The molecule has 0 spiro atoms. The van der Waals surface area contributed by atoms with Crippen LogP contribution < -0.4 is 10.0 Å². The molecule has 2 N–H and O–H groups in total. The molecule has 0 unspecified atom stereocenters. The molecule has 31 heavy (non-hydrogen) atoms. The van der Waals surface area contributed by atoms with Crippen molar-refractivity contribution in [2.24, 2.45) is 0 Å². The summed E-state index contributed by atoms with van der Waals surface area (Å²) in [5.41, 5.74) is 4.94. The lowest BCUT2D eigenvalue weighted by atomic mass is 10.1. The minimum Gasteiger partial charge on any atom is -0.354 e. The number of hydrogen-bond acceptors (Lipinski definition) is 5. The fraction of sp³-hybridized carbons (Fsp3) is 0.217. The first-order valence-corrected chi connectivity index (χ1v) is 11.2. The molecule has 7 nitrogen and oxygen atoms in total. The van der Waals surface area contributed by atoms with E-state index in [0.29, 0.717) is 34.0 Å². The average molecular weight is 440 g/mol. The van der Waals surface area contributed by atoms with Crippen molar-refractivity contribution in [1.29, 1.82) is 0 Å². The van der Waals surface area contributed by atoms with Crippen molar-refractivity contribution in [2.45, 2.75) is 39.5 Å².